The summed E-state index contributed by atoms with van der Waals surface area (Å²) in [7, 11) is 0. The molecule has 0 radical (unpaired) electrons. The first-order chi connectivity index (χ1) is 18.6. The zero-order chi connectivity index (χ0) is 27.3. The molecule has 218 valence electrons. The number of imide groups is 1. The molecule has 1 fully saturated rings. The number of amides is 2. The van der Waals surface area contributed by atoms with E-state index in [1.807, 2.05) is 21.7 Å². The minimum absolute atomic E-state index is 0.131. The summed E-state index contributed by atoms with van der Waals surface area (Å²) in [5, 5.41) is 1.95. The van der Waals surface area contributed by atoms with E-state index in [0.29, 0.717) is 25.7 Å². The molecule has 38 heavy (non-hydrogen) atoms. The van der Waals surface area contributed by atoms with Crippen LogP contribution < -0.4 is 4.57 Å². The third kappa shape index (κ3) is 15.2. The number of rotatable bonds is 22. The standard InChI is InChI=1S/C30H53N2O5S/c1-3-4-5-6-7-8-9-10-11-12-13-14-15-16-20-35-23-28-22-29(36-24-28)25-37-30(34)32(27(2)33)18-17-31-19-21-38-26-31/h19,21,26,28-29H,3-18,20,22-25H2,1-2H3/q+1. The number of hydrogen-bond acceptors (Lipinski definition) is 6. The molecular weight excluding hydrogens is 500 g/mol. The Kier molecular flexibility index (Phi) is 18.4. The van der Waals surface area contributed by atoms with Gasteiger partial charge < -0.3 is 14.2 Å². The van der Waals surface area contributed by atoms with Gasteiger partial charge in [-0.3, -0.25) is 4.79 Å². The van der Waals surface area contributed by atoms with Crippen LogP contribution in [0.3, 0.4) is 0 Å². The Bertz CT molecular complexity index is 730. The third-order valence-corrected chi connectivity index (χ3v) is 7.93. The molecule has 0 spiro atoms. The van der Waals surface area contributed by atoms with Gasteiger partial charge in [0.1, 0.15) is 6.61 Å². The van der Waals surface area contributed by atoms with E-state index < -0.39 is 6.09 Å². The first kappa shape index (κ1) is 32.7. The van der Waals surface area contributed by atoms with Gasteiger partial charge in [0.15, 0.2) is 12.7 Å². The second-order valence-corrected chi connectivity index (χ2v) is 11.5. The van der Waals surface area contributed by atoms with Crippen molar-refractivity contribution in [3.63, 3.8) is 0 Å². The van der Waals surface area contributed by atoms with Crippen LogP contribution in [0.25, 0.3) is 0 Å². The van der Waals surface area contributed by atoms with Crippen LogP contribution >= 0.6 is 11.3 Å². The van der Waals surface area contributed by atoms with Crippen molar-refractivity contribution in [2.24, 2.45) is 5.92 Å². The molecule has 2 rings (SSSR count). The lowest BCUT2D eigenvalue weighted by Crippen LogP contribution is -2.44. The van der Waals surface area contributed by atoms with Gasteiger partial charge in [-0.1, -0.05) is 102 Å². The number of aromatic nitrogens is 1. The molecule has 8 heteroatoms. The Morgan fingerprint density at radius 3 is 2.16 bits per heavy atom. The highest BCUT2D eigenvalue weighted by atomic mass is 32.1. The van der Waals surface area contributed by atoms with Crippen LogP contribution in [0.2, 0.25) is 0 Å². The Balaban J connectivity index is 1.39. The van der Waals surface area contributed by atoms with Crippen molar-refractivity contribution in [3.05, 3.63) is 17.1 Å². The van der Waals surface area contributed by atoms with Crippen LogP contribution in [0.4, 0.5) is 4.79 Å². The fraction of sp³-hybridized carbons (Fsp3) is 0.833. The molecule has 0 bridgehead atoms. The van der Waals surface area contributed by atoms with Crippen LogP contribution in [-0.4, -0.2) is 56.0 Å². The van der Waals surface area contributed by atoms with Gasteiger partial charge in [-0.05, 0) is 12.8 Å². The van der Waals surface area contributed by atoms with Crippen molar-refractivity contribution >= 4 is 23.3 Å². The Morgan fingerprint density at radius 2 is 1.58 bits per heavy atom. The third-order valence-electron chi connectivity index (χ3n) is 7.26. The van der Waals surface area contributed by atoms with Gasteiger partial charge in [-0.15, -0.1) is 0 Å². The summed E-state index contributed by atoms with van der Waals surface area (Å²) in [6.07, 6.45) is 21.1. The Labute approximate surface area is 235 Å². The number of carbonyl (C=O) groups is 2. The molecule has 2 amide bonds. The zero-order valence-corrected chi connectivity index (χ0v) is 24.9. The van der Waals surface area contributed by atoms with Gasteiger partial charge in [0.2, 0.25) is 11.4 Å². The van der Waals surface area contributed by atoms with Crippen LogP contribution in [0.5, 0.6) is 0 Å². The first-order valence-corrected chi connectivity index (χ1v) is 16.1. The lowest BCUT2D eigenvalue weighted by atomic mass is 10.0. The van der Waals surface area contributed by atoms with E-state index >= 15 is 0 Å². The van der Waals surface area contributed by atoms with E-state index in [9.17, 15) is 9.59 Å². The van der Waals surface area contributed by atoms with Gasteiger partial charge in [0.05, 0.1) is 31.2 Å². The predicted octanol–water partition coefficient (Wildman–Crippen LogP) is 6.92. The molecule has 0 saturated carbocycles. The van der Waals surface area contributed by atoms with Crippen LogP contribution in [0, 0.1) is 5.92 Å². The predicted molar refractivity (Wildman–Crippen MR) is 152 cm³/mol. The highest BCUT2D eigenvalue weighted by Gasteiger charge is 2.28. The van der Waals surface area contributed by atoms with E-state index in [-0.39, 0.29) is 25.2 Å². The molecule has 0 aliphatic carbocycles. The van der Waals surface area contributed by atoms with E-state index in [1.54, 1.807) is 11.3 Å². The fourth-order valence-electron chi connectivity index (χ4n) is 4.88. The average molecular weight is 554 g/mol. The lowest BCUT2D eigenvalue weighted by Gasteiger charge is -2.18. The second-order valence-electron chi connectivity index (χ2n) is 10.7. The summed E-state index contributed by atoms with van der Waals surface area (Å²) < 4.78 is 19.0. The fourth-order valence-corrected chi connectivity index (χ4v) is 5.51. The number of ether oxygens (including phenoxy) is 3. The Morgan fingerprint density at radius 1 is 0.947 bits per heavy atom. The van der Waals surface area contributed by atoms with Crippen LogP contribution in [0.15, 0.2) is 17.1 Å². The summed E-state index contributed by atoms with van der Waals surface area (Å²) in [5.41, 5.74) is 1.94. The van der Waals surface area contributed by atoms with E-state index in [2.05, 4.69) is 6.92 Å². The maximum Gasteiger partial charge on any atom is 0.416 e. The molecular formula is C30H53N2O5S+. The summed E-state index contributed by atoms with van der Waals surface area (Å²) in [6.45, 7) is 6.81. The quantitative estimate of drug-likeness (QED) is 0.115. The SMILES string of the molecule is CCCCCCCCCCCCCCCCOCC1COC(COC(=O)N(CC[n+]2ccsc2)C(C)=O)C1. The van der Waals surface area contributed by atoms with Crippen molar-refractivity contribution < 1.29 is 28.4 Å². The van der Waals surface area contributed by atoms with Gasteiger partial charge in [-0.25, -0.2) is 9.69 Å². The zero-order valence-electron chi connectivity index (χ0n) is 24.1. The topological polar surface area (TPSA) is 69.0 Å². The summed E-state index contributed by atoms with van der Waals surface area (Å²) in [6, 6.07) is 0. The highest BCUT2D eigenvalue weighted by Crippen LogP contribution is 2.21. The number of unbranched alkanes of at least 4 members (excludes halogenated alkanes) is 13. The van der Waals surface area contributed by atoms with Gasteiger partial charge in [0, 0.05) is 19.4 Å². The molecule has 0 aromatic carbocycles. The monoisotopic (exact) mass is 553 g/mol. The van der Waals surface area contributed by atoms with Crippen molar-refractivity contribution in [1.82, 2.24) is 4.90 Å². The molecule has 7 nitrogen and oxygen atoms in total. The first-order valence-electron chi connectivity index (χ1n) is 15.2. The summed E-state index contributed by atoms with van der Waals surface area (Å²) in [4.78, 5) is 25.5. The molecule has 1 aromatic rings. The minimum atomic E-state index is -0.602. The average Bonchev–Trinajstić information content (AvgIpc) is 3.59. The number of nitrogens with zero attached hydrogens (tertiary/aromatic N) is 2. The van der Waals surface area contributed by atoms with Crippen LogP contribution in [-0.2, 0) is 25.5 Å². The maximum atomic E-state index is 12.4. The molecule has 2 atom stereocenters. The normalized spacial score (nSPS) is 17.1. The van der Waals surface area contributed by atoms with Crippen molar-refractivity contribution in [2.75, 3.05) is 33.0 Å². The van der Waals surface area contributed by atoms with E-state index in [4.69, 9.17) is 14.2 Å². The molecule has 2 heterocycles. The second kappa shape index (κ2) is 21.3. The van der Waals surface area contributed by atoms with E-state index in [0.717, 1.165) is 24.3 Å². The lowest BCUT2D eigenvalue weighted by molar-refractivity contribution is -0.691. The van der Waals surface area contributed by atoms with E-state index in [1.165, 1.54) is 90.4 Å². The largest absolute Gasteiger partial charge is 0.446 e. The van der Waals surface area contributed by atoms with Gasteiger partial charge in [0.25, 0.3) is 0 Å². The molecule has 1 saturated heterocycles. The van der Waals surface area contributed by atoms with Gasteiger partial charge in [-0.2, -0.15) is 4.57 Å². The molecule has 0 N–H and O–H groups in total. The molecule has 2 unspecified atom stereocenters. The molecule has 1 aliphatic rings. The highest BCUT2D eigenvalue weighted by molar-refractivity contribution is 7.07. The number of carbonyl (C=O) groups excluding carboxylic acids is 2. The summed E-state index contributed by atoms with van der Waals surface area (Å²) in [5.74, 6) is 0.0252. The molecule has 1 aliphatic heterocycles. The molecule has 1 aromatic heterocycles. The van der Waals surface area contributed by atoms with Gasteiger partial charge >= 0.3 is 6.09 Å². The Hall–Kier alpha value is -1.51. The minimum Gasteiger partial charge on any atom is -0.446 e. The number of hydrogen-bond donors (Lipinski definition) is 0. The van der Waals surface area contributed by atoms with Crippen molar-refractivity contribution in [2.45, 2.75) is 123 Å². The summed E-state index contributed by atoms with van der Waals surface area (Å²) >= 11 is 1.57. The van der Waals surface area contributed by atoms with Crippen molar-refractivity contribution in [1.29, 1.82) is 0 Å². The van der Waals surface area contributed by atoms with Crippen LogP contribution in [0.1, 0.15) is 110 Å². The number of thiazole rings is 1. The smallest absolute Gasteiger partial charge is 0.416 e. The maximum absolute atomic E-state index is 12.4. The van der Waals surface area contributed by atoms with Crippen molar-refractivity contribution in [3.8, 4) is 0 Å².